The zero-order chi connectivity index (χ0) is 16.2. The predicted octanol–water partition coefficient (Wildman–Crippen LogP) is 8.09. The molecular weight excluding hydrogens is 331 g/mol. The predicted molar refractivity (Wildman–Crippen MR) is 107 cm³/mol. The third-order valence-electron chi connectivity index (χ3n) is 4.55. The molecule has 0 N–H and O–H groups in total. The minimum atomic E-state index is -1.62. The molecule has 0 atom stereocenters. The van der Waals surface area contributed by atoms with Gasteiger partial charge in [-0.15, -0.1) is 0 Å². The van der Waals surface area contributed by atoms with Crippen molar-refractivity contribution in [3.63, 3.8) is 0 Å². The van der Waals surface area contributed by atoms with Crippen molar-refractivity contribution < 1.29 is 0 Å². The smallest absolute Gasteiger partial charge is 0.155 e. The fraction of sp³-hybridized carbons (Fsp3) is 1.00. The van der Waals surface area contributed by atoms with Gasteiger partial charge in [0.2, 0.25) is 0 Å². The van der Waals surface area contributed by atoms with Crippen molar-refractivity contribution >= 4 is 36.9 Å². The van der Waals surface area contributed by atoms with Crippen LogP contribution in [0, 0.1) is 0 Å². The molecule has 0 spiro atoms. The first-order valence-electron chi connectivity index (χ1n) is 9.33. The molecular formula is C17H38Cl2Si2. The van der Waals surface area contributed by atoms with Gasteiger partial charge in [0.05, 0.1) is 0 Å². The van der Waals surface area contributed by atoms with Gasteiger partial charge in [-0.25, -0.2) is 0 Å². The van der Waals surface area contributed by atoms with Gasteiger partial charge in [-0.3, -0.25) is 0 Å². The fourth-order valence-corrected chi connectivity index (χ4v) is 21.8. The summed E-state index contributed by atoms with van der Waals surface area (Å²) >= 11 is 14.5. The molecule has 0 aliphatic heterocycles. The molecule has 0 saturated heterocycles. The van der Waals surface area contributed by atoms with Gasteiger partial charge >= 0.3 is 0 Å². The van der Waals surface area contributed by atoms with E-state index in [0.29, 0.717) is 0 Å². The maximum absolute atomic E-state index is 7.23. The standard InChI is InChI=1S/C17H38Cl2Si2/c1-5-9-13-20(18,14-10-6-2)17-21(19,15-11-7-3)16-12-8-4/h5-17H2,1-4H3. The summed E-state index contributed by atoms with van der Waals surface area (Å²) in [7, 11) is -3.25. The van der Waals surface area contributed by atoms with Gasteiger partial charge in [0.15, 0.2) is 14.8 Å². The quantitative estimate of drug-likeness (QED) is 0.214. The topological polar surface area (TPSA) is 0 Å². The summed E-state index contributed by atoms with van der Waals surface area (Å²) in [6.07, 6.45) is 10.3. The molecule has 0 aliphatic carbocycles. The van der Waals surface area contributed by atoms with E-state index in [1.54, 1.807) is 0 Å². The van der Waals surface area contributed by atoms with Gasteiger partial charge in [-0.05, 0) is 29.8 Å². The fourth-order valence-electron chi connectivity index (χ4n) is 3.15. The highest BCUT2D eigenvalue weighted by Gasteiger charge is 2.41. The lowest BCUT2D eigenvalue weighted by atomic mass is 10.4. The van der Waals surface area contributed by atoms with Crippen LogP contribution in [0.25, 0.3) is 0 Å². The Hall–Kier alpha value is 1.01. The van der Waals surface area contributed by atoms with Gasteiger partial charge in [-0.2, -0.15) is 22.2 Å². The van der Waals surface area contributed by atoms with Crippen LogP contribution in [0.2, 0.25) is 29.8 Å². The molecule has 0 nitrogen and oxygen atoms in total. The van der Waals surface area contributed by atoms with E-state index in [-0.39, 0.29) is 0 Å². The highest BCUT2D eigenvalue weighted by Crippen LogP contribution is 2.40. The Labute approximate surface area is 145 Å². The summed E-state index contributed by atoms with van der Waals surface area (Å²) in [5.41, 5.74) is 1.27. The van der Waals surface area contributed by atoms with E-state index in [1.807, 2.05) is 0 Å². The lowest BCUT2D eigenvalue weighted by molar-refractivity contribution is 0.825. The molecule has 0 rings (SSSR count). The van der Waals surface area contributed by atoms with Gasteiger partial charge in [-0.1, -0.05) is 79.1 Å². The number of unbranched alkanes of at least 4 members (excludes halogenated alkanes) is 4. The second kappa shape index (κ2) is 12.4. The molecule has 0 heterocycles. The Morgan fingerprint density at radius 2 is 0.762 bits per heavy atom. The lowest BCUT2D eigenvalue weighted by Gasteiger charge is -2.34. The minimum Gasteiger partial charge on any atom is -0.167 e. The van der Waals surface area contributed by atoms with E-state index < -0.39 is 14.8 Å². The monoisotopic (exact) mass is 368 g/mol. The first kappa shape index (κ1) is 22.0. The van der Waals surface area contributed by atoms with Gasteiger partial charge in [0.1, 0.15) is 0 Å². The molecule has 0 aromatic carbocycles. The SMILES string of the molecule is CCCC[Si](Cl)(CCCC)C[Si](Cl)(CCCC)CCCC. The van der Waals surface area contributed by atoms with E-state index in [2.05, 4.69) is 27.7 Å². The van der Waals surface area contributed by atoms with Crippen molar-refractivity contribution in [1.82, 2.24) is 0 Å². The summed E-state index contributed by atoms with van der Waals surface area (Å²) in [5, 5.41) is 0. The molecule has 0 amide bonds. The highest BCUT2D eigenvalue weighted by molar-refractivity contribution is 7.33. The summed E-state index contributed by atoms with van der Waals surface area (Å²) in [4.78, 5) is 0. The zero-order valence-electron chi connectivity index (χ0n) is 14.9. The van der Waals surface area contributed by atoms with Crippen LogP contribution in [0.1, 0.15) is 79.1 Å². The summed E-state index contributed by atoms with van der Waals surface area (Å²) < 4.78 is 0. The average molecular weight is 370 g/mol. The third kappa shape index (κ3) is 10.4. The summed E-state index contributed by atoms with van der Waals surface area (Å²) in [5.74, 6) is 0. The van der Waals surface area contributed by atoms with Crippen molar-refractivity contribution in [2.75, 3.05) is 0 Å². The lowest BCUT2D eigenvalue weighted by Crippen LogP contribution is -2.40. The van der Waals surface area contributed by atoms with Crippen LogP contribution in [0.15, 0.2) is 0 Å². The van der Waals surface area contributed by atoms with Crippen LogP contribution < -0.4 is 0 Å². The molecule has 0 aromatic rings. The Bertz CT molecular complexity index is 207. The van der Waals surface area contributed by atoms with Crippen molar-refractivity contribution in [1.29, 1.82) is 0 Å². The Morgan fingerprint density at radius 1 is 0.524 bits per heavy atom. The van der Waals surface area contributed by atoms with Gasteiger partial charge in [0, 0.05) is 0 Å². The molecule has 0 aliphatic rings. The van der Waals surface area contributed by atoms with Crippen molar-refractivity contribution in [3.05, 3.63) is 0 Å². The van der Waals surface area contributed by atoms with Crippen LogP contribution >= 0.6 is 22.2 Å². The van der Waals surface area contributed by atoms with Crippen molar-refractivity contribution in [2.24, 2.45) is 0 Å². The molecule has 0 fully saturated rings. The molecule has 0 aromatic heterocycles. The molecule has 21 heavy (non-hydrogen) atoms. The van der Waals surface area contributed by atoms with Crippen LogP contribution in [0.3, 0.4) is 0 Å². The van der Waals surface area contributed by atoms with E-state index >= 15 is 0 Å². The van der Waals surface area contributed by atoms with Crippen LogP contribution in [0.5, 0.6) is 0 Å². The maximum Gasteiger partial charge on any atom is 0.155 e. The molecule has 0 saturated carbocycles. The number of halogens is 2. The molecule has 0 bridgehead atoms. The summed E-state index contributed by atoms with van der Waals surface area (Å²) in [6, 6.07) is 5.19. The molecule has 128 valence electrons. The van der Waals surface area contributed by atoms with Crippen molar-refractivity contribution in [3.8, 4) is 0 Å². The zero-order valence-corrected chi connectivity index (χ0v) is 18.5. The van der Waals surface area contributed by atoms with Crippen LogP contribution in [0.4, 0.5) is 0 Å². The Balaban J connectivity index is 4.80. The largest absolute Gasteiger partial charge is 0.167 e. The average Bonchev–Trinajstić information content (AvgIpc) is 2.47. The third-order valence-corrected chi connectivity index (χ3v) is 19.3. The van der Waals surface area contributed by atoms with Crippen LogP contribution in [-0.2, 0) is 0 Å². The number of hydrogen-bond donors (Lipinski definition) is 0. The first-order chi connectivity index (χ1) is 9.95. The molecule has 0 unspecified atom stereocenters. The molecule has 4 heteroatoms. The minimum absolute atomic E-state index is 1.27. The molecule has 0 radical (unpaired) electrons. The van der Waals surface area contributed by atoms with Crippen LogP contribution in [-0.4, -0.2) is 14.8 Å². The van der Waals surface area contributed by atoms with Crippen molar-refractivity contribution in [2.45, 2.75) is 109 Å². The Kier molecular flexibility index (Phi) is 13.0. The summed E-state index contributed by atoms with van der Waals surface area (Å²) in [6.45, 7) is 9.13. The normalized spacial score (nSPS) is 12.9. The highest BCUT2D eigenvalue weighted by atomic mass is 35.6. The second-order valence-electron chi connectivity index (χ2n) is 6.89. The van der Waals surface area contributed by atoms with E-state index in [9.17, 15) is 0 Å². The number of rotatable bonds is 14. The van der Waals surface area contributed by atoms with E-state index in [0.717, 1.165) is 0 Å². The van der Waals surface area contributed by atoms with Gasteiger partial charge in [0.25, 0.3) is 0 Å². The van der Waals surface area contributed by atoms with Gasteiger partial charge < -0.3 is 0 Å². The van der Waals surface area contributed by atoms with E-state index in [4.69, 9.17) is 22.2 Å². The van der Waals surface area contributed by atoms with E-state index in [1.165, 1.54) is 81.2 Å². The number of hydrogen-bond acceptors (Lipinski definition) is 0. The Morgan fingerprint density at radius 3 is 0.952 bits per heavy atom. The first-order valence-corrected chi connectivity index (χ1v) is 16.6. The maximum atomic E-state index is 7.23. The second-order valence-corrected chi connectivity index (χ2v) is 19.7.